The number of fused-ring (bicyclic) bond motifs is 3. The Hall–Kier alpha value is -3.53. The Balaban J connectivity index is 0.976. The molecule has 1 amide bonds. The van der Waals surface area contributed by atoms with Gasteiger partial charge < -0.3 is 9.42 Å². The van der Waals surface area contributed by atoms with Crippen molar-refractivity contribution in [1.29, 1.82) is 5.26 Å². The lowest BCUT2D eigenvalue weighted by molar-refractivity contribution is -0.215. The topological polar surface area (TPSA) is 83.0 Å². The van der Waals surface area contributed by atoms with Crippen LogP contribution in [0.2, 0.25) is 0 Å². The fraction of sp³-hybridized carbons (Fsp3) is 0.568. The molecule has 8 aliphatic rings. The molecule has 0 saturated heterocycles. The molecule has 1 aromatic heterocycles. The first-order valence-corrected chi connectivity index (χ1v) is 16.7. The highest BCUT2D eigenvalue weighted by Crippen LogP contribution is 2.71. The number of anilines is 1. The average Bonchev–Trinajstić information content (AvgIpc) is 3.98. The summed E-state index contributed by atoms with van der Waals surface area (Å²) >= 11 is 0. The number of alkyl halides is 1. The van der Waals surface area contributed by atoms with E-state index in [1.54, 1.807) is 0 Å². The number of halogens is 1. The van der Waals surface area contributed by atoms with E-state index in [9.17, 15) is 14.4 Å². The van der Waals surface area contributed by atoms with E-state index in [4.69, 9.17) is 9.51 Å². The van der Waals surface area contributed by atoms with E-state index < -0.39 is 5.67 Å². The molecule has 7 heteroatoms. The summed E-state index contributed by atoms with van der Waals surface area (Å²) < 4.78 is 20.3. The van der Waals surface area contributed by atoms with Gasteiger partial charge in [0, 0.05) is 30.0 Å². The molecular formula is C37H39FN4O2. The number of nitriles is 1. The van der Waals surface area contributed by atoms with Crippen LogP contribution in [0.4, 0.5) is 10.1 Å². The standard InChI is InChI=1S/C37H39FN4O2/c38-37-20-34(21-37,22-37)19-30(43)42(29-3-1-2-27(18-29)25-6-8-28(9-7-25)36(23-39)16-17-36)24-33-10-13-35(14-11-33,15-12-33)32-40-31(41-44-32)26-4-5-26/h1-3,6-9,18,26H,4-5,10-17,19-22,24H2. The first-order chi connectivity index (χ1) is 21.2. The lowest BCUT2D eigenvalue weighted by Gasteiger charge is -2.66. The van der Waals surface area contributed by atoms with E-state index in [-0.39, 0.29) is 27.6 Å². The third-order valence-electron chi connectivity index (χ3n) is 12.5. The molecule has 11 rings (SSSR count). The maximum absolute atomic E-state index is 14.4. The molecule has 0 aliphatic heterocycles. The molecule has 6 nitrogen and oxygen atoms in total. The van der Waals surface area contributed by atoms with Gasteiger partial charge in [-0.1, -0.05) is 41.6 Å². The summed E-state index contributed by atoms with van der Waals surface area (Å²) in [6.07, 6.45) is 12.4. The van der Waals surface area contributed by atoms with Crippen LogP contribution in [0, 0.1) is 22.2 Å². The minimum absolute atomic E-state index is 0.0192. The summed E-state index contributed by atoms with van der Waals surface area (Å²) in [5.74, 6) is 2.35. The number of carbonyl (C=O) groups excluding carboxylic acids is 1. The van der Waals surface area contributed by atoms with Gasteiger partial charge in [-0.15, -0.1) is 0 Å². The predicted molar refractivity (Wildman–Crippen MR) is 164 cm³/mol. The average molecular weight is 591 g/mol. The van der Waals surface area contributed by atoms with Crippen molar-refractivity contribution in [3.8, 4) is 17.2 Å². The van der Waals surface area contributed by atoms with Crippen molar-refractivity contribution < 1.29 is 13.7 Å². The molecule has 8 saturated carbocycles. The number of carbonyl (C=O) groups is 1. The lowest BCUT2D eigenvalue weighted by Crippen LogP contribution is -2.65. The molecule has 44 heavy (non-hydrogen) atoms. The molecule has 1 heterocycles. The molecule has 8 fully saturated rings. The van der Waals surface area contributed by atoms with Gasteiger partial charge in [0.15, 0.2) is 5.82 Å². The molecule has 226 valence electrons. The van der Waals surface area contributed by atoms with E-state index in [1.165, 1.54) is 12.8 Å². The predicted octanol–water partition coefficient (Wildman–Crippen LogP) is 8.08. The number of aromatic nitrogens is 2. The maximum Gasteiger partial charge on any atom is 0.232 e. The second kappa shape index (κ2) is 9.02. The fourth-order valence-corrected chi connectivity index (χ4v) is 9.33. The highest BCUT2D eigenvalue weighted by Gasteiger charge is 2.69. The SMILES string of the molecule is N#CC1(c2ccc(-c3cccc(N(CC45CCC(c6nc(C7CC7)no6)(CC4)CC5)C(=O)CC45CC(F)(C4)C5)c3)cc2)CC1. The Morgan fingerprint density at radius 3 is 2.25 bits per heavy atom. The Morgan fingerprint density at radius 2 is 1.64 bits per heavy atom. The van der Waals surface area contributed by atoms with E-state index >= 15 is 0 Å². The number of amides is 1. The summed E-state index contributed by atoms with van der Waals surface area (Å²) in [6, 6.07) is 19.2. The van der Waals surface area contributed by atoms with Gasteiger partial charge in [0.2, 0.25) is 11.8 Å². The van der Waals surface area contributed by atoms with Crippen molar-refractivity contribution >= 4 is 11.6 Å². The zero-order valence-electron chi connectivity index (χ0n) is 25.3. The summed E-state index contributed by atoms with van der Waals surface area (Å²) in [5.41, 5.74) is 2.76. The van der Waals surface area contributed by atoms with Gasteiger partial charge in [-0.05, 0) is 123 Å². The third-order valence-corrected chi connectivity index (χ3v) is 12.5. The van der Waals surface area contributed by atoms with Crippen molar-refractivity contribution in [2.24, 2.45) is 10.8 Å². The molecule has 3 aromatic rings. The van der Waals surface area contributed by atoms with Gasteiger partial charge in [0.25, 0.3) is 0 Å². The summed E-state index contributed by atoms with van der Waals surface area (Å²) in [7, 11) is 0. The van der Waals surface area contributed by atoms with Gasteiger partial charge >= 0.3 is 0 Å². The van der Waals surface area contributed by atoms with Crippen LogP contribution in [0.3, 0.4) is 0 Å². The highest BCUT2D eigenvalue weighted by molar-refractivity contribution is 5.95. The van der Waals surface area contributed by atoms with Crippen molar-refractivity contribution in [2.75, 3.05) is 11.4 Å². The minimum Gasteiger partial charge on any atom is -0.339 e. The molecule has 0 N–H and O–H groups in total. The van der Waals surface area contributed by atoms with Gasteiger partial charge in [-0.3, -0.25) is 4.79 Å². The van der Waals surface area contributed by atoms with Gasteiger partial charge in [-0.25, -0.2) is 4.39 Å². The zero-order valence-corrected chi connectivity index (χ0v) is 25.3. The van der Waals surface area contributed by atoms with E-state index in [0.29, 0.717) is 38.1 Å². The van der Waals surface area contributed by atoms with Crippen LogP contribution < -0.4 is 4.90 Å². The van der Waals surface area contributed by atoms with Crippen molar-refractivity contribution in [3.63, 3.8) is 0 Å². The summed E-state index contributed by atoms with van der Waals surface area (Å²) in [4.78, 5) is 21.1. The van der Waals surface area contributed by atoms with E-state index in [1.807, 2.05) is 11.0 Å². The molecule has 8 aliphatic carbocycles. The van der Waals surface area contributed by atoms with Crippen molar-refractivity contribution in [3.05, 3.63) is 65.8 Å². The van der Waals surface area contributed by atoms with Gasteiger partial charge in [0.1, 0.15) is 5.67 Å². The summed E-state index contributed by atoms with van der Waals surface area (Å²) in [5, 5.41) is 13.9. The van der Waals surface area contributed by atoms with Gasteiger partial charge in [0.05, 0.1) is 11.5 Å². The zero-order chi connectivity index (χ0) is 29.8. The molecule has 0 radical (unpaired) electrons. The Bertz CT molecular complexity index is 1650. The third kappa shape index (κ3) is 4.19. The molecule has 2 aromatic carbocycles. The molecule has 0 unspecified atom stereocenters. The van der Waals surface area contributed by atoms with Crippen LogP contribution in [0.1, 0.15) is 113 Å². The molecule has 4 bridgehead atoms. The number of benzene rings is 2. The van der Waals surface area contributed by atoms with Crippen LogP contribution in [-0.4, -0.2) is 28.3 Å². The van der Waals surface area contributed by atoms with Crippen LogP contribution in [0.25, 0.3) is 11.1 Å². The van der Waals surface area contributed by atoms with Crippen LogP contribution in [0.15, 0.2) is 53.1 Å². The first-order valence-electron chi connectivity index (χ1n) is 16.7. The Morgan fingerprint density at radius 1 is 0.932 bits per heavy atom. The number of rotatable bonds is 9. The van der Waals surface area contributed by atoms with Crippen LogP contribution in [-0.2, 0) is 15.6 Å². The second-order valence-corrected chi connectivity index (χ2v) is 15.7. The lowest BCUT2D eigenvalue weighted by atomic mass is 9.41. The smallest absolute Gasteiger partial charge is 0.232 e. The first kappa shape index (κ1) is 26.8. The van der Waals surface area contributed by atoms with Crippen molar-refractivity contribution in [1.82, 2.24) is 10.1 Å². The van der Waals surface area contributed by atoms with E-state index in [2.05, 4.69) is 53.7 Å². The number of hydrogen-bond acceptors (Lipinski definition) is 5. The molecule has 0 spiro atoms. The largest absolute Gasteiger partial charge is 0.339 e. The number of hydrogen-bond donors (Lipinski definition) is 0. The van der Waals surface area contributed by atoms with Crippen LogP contribution >= 0.6 is 0 Å². The molecule has 0 atom stereocenters. The summed E-state index contributed by atoms with van der Waals surface area (Å²) in [6.45, 7) is 0.697. The fourth-order valence-electron chi connectivity index (χ4n) is 9.33. The van der Waals surface area contributed by atoms with E-state index in [0.717, 1.165) is 85.5 Å². The maximum atomic E-state index is 14.4. The van der Waals surface area contributed by atoms with Crippen LogP contribution in [0.5, 0.6) is 0 Å². The second-order valence-electron chi connectivity index (χ2n) is 15.7. The van der Waals surface area contributed by atoms with Crippen molar-refractivity contribution in [2.45, 2.75) is 112 Å². The quantitative estimate of drug-likeness (QED) is 0.252. The van der Waals surface area contributed by atoms with Gasteiger partial charge in [-0.2, -0.15) is 10.2 Å². The minimum atomic E-state index is -1.01. The number of nitrogens with zero attached hydrogens (tertiary/aromatic N) is 4. The normalized spacial score (nSPS) is 34.0. The molecular weight excluding hydrogens is 551 g/mol. The Labute approximate surface area is 258 Å². The monoisotopic (exact) mass is 590 g/mol. The highest BCUT2D eigenvalue weighted by atomic mass is 19.1. The Kier molecular flexibility index (Phi) is 5.50.